The summed E-state index contributed by atoms with van der Waals surface area (Å²) >= 11 is 0. The maximum atomic E-state index is 6.01. The molecule has 2 aromatic rings. The van der Waals surface area contributed by atoms with Gasteiger partial charge in [0.25, 0.3) is 0 Å². The van der Waals surface area contributed by atoms with Crippen LogP contribution in [-0.2, 0) is 6.42 Å². The fraction of sp³-hybridized carbons (Fsp3) is 0.308. The van der Waals surface area contributed by atoms with Crippen LogP contribution in [0.2, 0.25) is 0 Å². The number of nitrogens with two attached hydrogens (primary N) is 2. The Kier molecular flexibility index (Phi) is 2.69. The Labute approximate surface area is 95.5 Å². The molecular formula is C13H17N3. The minimum atomic E-state index is 0.439. The predicted octanol–water partition coefficient (Wildman–Crippen LogP) is 2.60. The average molecular weight is 215 g/mol. The first-order valence-corrected chi connectivity index (χ1v) is 5.52. The van der Waals surface area contributed by atoms with Gasteiger partial charge in [-0.1, -0.05) is 32.0 Å². The molecule has 16 heavy (non-hydrogen) atoms. The number of fused-ring (bicyclic) bond motifs is 1. The largest absolute Gasteiger partial charge is 0.396 e. The molecule has 84 valence electrons. The lowest BCUT2D eigenvalue weighted by Gasteiger charge is -2.13. The van der Waals surface area contributed by atoms with E-state index in [1.54, 1.807) is 0 Å². The fourth-order valence-corrected chi connectivity index (χ4v) is 1.94. The van der Waals surface area contributed by atoms with Crippen LogP contribution in [0, 0.1) is 5.92 Å². The maximum absolute atomic E-state index is 6.01. The second kappa shape index (κ2) is 4.00. The summed E-state index contributed by atoms with van der Waals surface area (Å²) < 4.78 is 0. The van der Waals surface area contributed by atoms with Crippen LogP contribution in [0.1, 0.15) is 19.4 Å². The van der Waals surface area contributed by atoms with Crippen LogP contribution in [0.5, 0.6) is 0 Å². The lowest BCUT2D eigenvalue weighted by molar-refractivity contribution is 0.651. The van der Waals surface area contributed by atoms with Crippen molar-refractivity contribution in [2.75, 3.05) is 11.5 Å². The number of nitrogens with zero attached hydrogens (tertiary/aromatic N) is 1. The van der Waals surface area contributed by atoms with E-state index in [0.29, 0.717) is 17.4 Å². The normalized spacial score (nSPS) is 11.2. The average Bonchev–Trinajstić information content (AvgIpc) is 2.24. The van der Waals surface area contributed by atoms with Crippen molar-refractivity contribution in [2.45, 2.75) is 20.3 Å². The Hall–Kier alpha value is -1.77. The molecule has 0 aliphatic heterocycles. The van der Waals surface area contributed by atoms with Gasteiger partial charge in [-0.15, -0.1) is 0 Å². The molecule has 0 aliphatic carbocycles. The van der Waals surface area contributed by atoms with Crippen LogP contribution in [0.25, 0.3) is 10.9 Å². The molecule has 0 spiro atoms. The number of pyridine rings is 1. The third kappa shape index (κ3) is 1.81. The lowest BCUT2D eigenvalue weighted by atomic mass is 9.97. The first kappa shape index (κ1) is 10.7. The molecule has 0 amide bonds. The van der Waals surface area contributed by atoms with Gasteiger partial charge in [0, 0.05) is 5.39 Å². The van der Waals surface area contributed by atoms with Crippen molar-refractivity contribution in [1.82, 2.24) is 4.98 Å². The number of nitrogen functional groups attached to an aromatic ring is 2. The third-order valence-corrected chi connectivity index (χ3v) is 2.68. The van der Waals surface area contributed by atoms with Crippen LogP contribution in [0.3, 0.4) is 0 Å². The molecule has 0 saturated heterocycles. The van der Waals surface area contributed by atoms with Crippen molar-refractivity contribution in [3.05, 3.63) is 29.8 Å². The number of hydrogen-bond donors (Lipinski definition) is 2. The smallest absolute Gasteiger partial charge is 0.147 e. The molecule has 0 atom stereocenters. The summed E-state index contributed by atoms with van der Waals surface area (Å²) in [4.78, 5) is 4.30. The van der Waals surface area contributed by atoms with Gasteiger partial charge in [0.1, 0.15) is 5.82 Å². The second-order valence-electron chi connectivity index (χ2n) is 4.50. The van der Waals surface area contributed by atoms with E-state index in [4.69, 9.17) is 11.5 Å². The monoisotopic (exact) mass is 215 g/mol. The summed E-state index contributed by atoms with van der Waals surface area (Å²) in [6.45, 7) is 4.34. The maximum Gasteiger partial charge on any atom is 0.147 e. The van der Waals surface area contributed by atoms with Gasteiger partial charge in [0.05, 0.1) is 11.2 Å². The van der Waals surface area contributed by atoms with Crippen molar-refractivity contribution in [3.63, 3.8) is 0 Å². The molecule has 0 radical (unpaired) electrons. The molecule has 0 fully saturated rings. The zero-order valence-electron chi connectivity index (χ0n) is 9.70. The van der Waals surface area contributed by atoms with Gasteiger partial charge in [-0.25, -0.2) is 4.98 Å². The summed E-state index contributed by atoms with van der Waals surface area (Å²) in [6, 6.07) is 7.98. The van der Waals surface area contributed by atoms with Crippen LogP contribution in [0.4, 0.5) is 11.5 Å². The van der Waals surface area contributed by atoms with E-state index in [1.807, 2.05) is 18.2 Å². The van der Waals surface area contributed by atoms with Gasteiger partial charge >= 0.3 is 0 Å². The Morgan fingerprint density at radius 2 is 1.88 bits per heavy atom. The highest BCUT2D eigenvalue weighted by Crippen LogP contribution is 2.28. The van der Waals surface area contributed by atoms with Gasteiger partial charge in [-0.3, -0.25) is 0 Å². The highest BCUT2D eigenvalue weighted by Gasteiger charge is 2.11. The molecule has 2 rings (SSSR count). The fourth-order valence-electron chi connectivity index (χ4n) is 1.94. The van der Waals surface area contributed by atoms with E-state index >= 15 is 0 Å². The highest BCUT2D eigenvalue weighted by atomic mass is 14.9. The van der Waals surface area contributed by atoms with E-state index in [2.05, 4.69) is 24.9 Å². The van der Waals surface area contributed by atoms with E-state index < -0.39 is 0 Å². The number of benzene rings is 1. The summed E-state index contributed by atoms with van der Waals surface area (Å²) in [5.41, 5.74) is 14.5. The zero-order chi connectivity index (χ0) is 11.7. The number of para-hydroxylation sites is 1. The quantitative estimate of drug-likeness (QED) is 0.809. The minimum Gasteiger partial charge on any atom is -0.396 e. The van der Waals surface area contributed by atoms with Crippen molar-refractivity contribution >= 4 is 22.4 Å². The van der Waals surface area contributed by atoms with Gasteiger partial charge < -0.3 is 11.5 Å². The Bertz CT molecular complexity index is 518. The van der Waals surface area contributed by atoms with Crippen molar-refractivity contribution in [3.8, 4) is 0 Å². The van der Waals surface area contributed by atoms with Crippen molar-refractivity contribution in [1.29, 1.82) is 0 Å². The Morgan fingerprint density at radius 3 is 2.56 bits per heavy atom. The number of hydrogen-bond acceptors (Lipinski definition) is 3. The Morgan fingerprint density at radius 1 is 1.19 bits per heavy atom. The molecule has 0 saturated carbocycles. The minimum absolute atomic E-state index is 0.439. The van der Waals surface area contributed by atoms with Gasteiger partial charge in [-0.05, 0) is 24.0 Å². The molecule has 1 heterocycles. The second-order valence-corrected chi connectivity index (χ2v) is 4.50. The first-order chi connectivity index (χ1) is 7.59. The molecule has 0 bridgehead atoms. The van der Waals surface area contributed by atoms with E-state index in [1.165, 1.54) is 0 Å². The predicted molar refractivity (Wildman–Crippen MR) is 69.1 cm³/mol. The van der Waals surface area contributed by atoms with Gasteiger partial charge in [0.15, 0.2) is 0 Å². The topological polar surface area (TPSA) is 64.9 Å². The van der Waals surface area contributed by atoms with Gasteiger partial charge in [-0.2, -0.15) is 0 Å². The molecular weight excluding hydrogens is 198 g/mol. The SMILES string of the molecule is CC(C)Cc1c(N)c(N)nc2ccccc12. The summed E-state index contributed by atoms with van der Waals surface area (Å²) in [7, 11) is 0. The number of anilines is 2. The Balaban J connectivity index is 2.71. The van der Waals surface area contributed by atoms with Gasteiger partial charge in [0.2, 0.25) is 0 Å². The molecule has 0 unspecified atom stereocenters. The summed E-state index contributed by atoms with van der Waals surface area (Å²) in [5.74, 6) is 0.988. The van der Waals surface area contributed by atoms with Crippen LogP contribution in [0.15, 0.2) is 24.3 Å². The highest BCUT2D eigenvalue weighted by molar-refractivity contribution is 5.90. The summed E-state index contributed by atoms with van der Waals surface area (Å²) in [6.07, 6.45) is 0.930. The number of aromatic nitrogens is 1. The van der Waals surface area contributed by atoms with Crippen LogP contribution >= 0.6 is 0 Å². The lowest BCUT2D eigenvalue weighted by Crippen LogP contribution is -2.06. The third-order valence-electron chi connectivity index (χ3n) is 2.68. The van der Waals surface area contributed by atoms with Crippen molar-refractivity contribution < 1.29 is 0 Å². The van der Waals surface area contributed by atoms with E-state index in [-0.39, 0.29) is 0 Å². The van der Waals surface area contributed by atoms with E-state index in [0.717, 1.165) is 22.9 Å². The molecule has 1 aromatic carbocycles. The molecule has 4 N–H and O–H groups in total. The molecule has 3 heteroatoms. The number of rotatable bonds is 2. The van der Waals surface area contributed by atoms with Crippen LogP contribution < -0.4 is 11.5 Å². The molecule has 0 aliphatic rings. The standard InChI is InChI=1S/C13H17N3/c1-8(2)7-10-9-5-3-4-6-11(9)16-13(15)12(10)14/h3-6,8H,7,14H2,1-2H3,(H2,15,16). The van der Waals surface area contributed by atoms with E-state index in [9.17, 15) is 0 Å². The summed E-state index contributed by atoms with van der Waals surface area (Å²) in [5, 5.41) is 1.11. The first-order valence-electron chi connectivity index (χ1n) is 5.52. The zero-order valence-corrected chi connectivity index (χ0v) is 9.70. The van der Waals surface area contributed by atoms with Crippen LogP contribution in [-0.4, -0.2) is 4.98 Å². The molecule has 1 aromatic heterocycles. The molecule has 3 nitrogen and oxygen atoms in total. The van der Waals surface area contributed by atoms with Crippen molar-refractivity contribution in [2.24, 2.45) is 5.92 Å².